The first kappa shape index (κ1) is 34.4. The summed E-state index contributed by atoms with van der Waals surface area (Å²) in [4.78, 5) is 15.1. The number of halogens is 3. The molecule has 1 saturated heterocycles. The zero-order chi connectivity index (χ0) is 34.3. The number of benzene rings is 2. The molecule has 5 rings (SSSR count). The topological polar surface area (TPSA) is 147 Å². The highest BCUT2D eigenvalue weighted by atomic mass is 32.2. The lowest BCUT2D eigenvalue weighted by atomic mass is 10.1. The quantitative estimate of drug-likeness (QED) is 0.249. The van der Waals surface area contributed by atoms with Crippen LogP contribution in [-0.4, -0.2) is 73.8 Å². The third-order valence-electron chi connectivity index (χ3n) is 8.31. The van der Waals surface area contributed by atoms with Gasteiger partial charge in [-0.25, -0.2) is 30.8 Å². The number of carboxylic acid groups (broad SMARTS) is 1. The van der Waals surface area contributed by atoms with E-state index >= 15 is 0 Å². The molecule has 0 atom stereocenters. The van der Waals surface area contributed by atoms with Gasteiger partial charge in [-0.1, -0.05) is 12.5 Å². The number of hydrogen-bond acceptors (Lipinski definition) is 8. The fourth-order valence-electron chi connectivity index (χ4n) is 6.03. The van der Waals surface area contributed by atoms with Gasteiger partial charge in [0.05, 0.1) is 39.0 Å². The summed E-state index contributed by atoms with van der Waals surface area (Å²) in [5.41, 5.74) is 0.663. The number of alkyl halides is 3. The second-order valence-corrected chi connectivity index (χ2v) is 14.9. The van der Waals surface area contributed by atoms with Gasteiger partial charge in [-0.3, -0.25) is 0 Å². The lowest BCUT2D eigenvalue weighted by molar-refractivity contribution is -0.647. The molecule has 2 aliphatic heterocycles. The van der Waals surface area contributed by atoms with Crippen LogP contribution in [-0.2, 0) is 44.7 Å². The number of allylic oxidation sites excluding steroid dienone is 2. The fraction of sp³-hybridized carbons (Fsp3) is 0.400. The minimum absolute atomic E-state index is 0.0496. The Hall–Kier alpha value is -3.93. The number of nitrogens with zero attached hydrogens (tertiary/aromatic N) is 5. The monoisotopic (exact) mass is 697 g/mol. The number of aryl methyl sites for hydroxylation is 1. The Bertz CT molecular complexity index is 1980. The van der Waals surface area contributed by atoms with E-state index in [1.807, 2.05) is 0 Å². The summed E-state index contributed by atoms with van der Waals surface area (Å²) >= 11 is 0. The Morgan fingerprint density at radius 1 is 1.04 bits per heavy atom. The lowest BCUT2D eigenvalue weighted by Crippen LogP contribution is -2.35. The molecule has 2 aliphatic rings. The number of sulfonamides is 1. The molecule has 3 aromatic rings. The van der Waals surface area contributed by atoms with E-state index in [1.54, 1.807) is 47.9 Å². The summed E-state index contributed by atoms with van der Waals surface area (Å²) in [7, 11) is -5.04. The maximum absolute atomic E-state index is 13.6. The third kappa shape index (κ3) is 7.17. The van der Waals surface area contributed by atoms with E-state index in [2.05, 4.69) is 0 Å². The van der Waals surface area contributed by atoms with Gasteiger partial charge in [-0.05, 0) is 55.7 Å². The van der Waals surface area contributed by atoms with Gasteiger partial charge in [-0.2, -0.15) is 17.5 Å². The Balaban J connectivity index is 1.55. The Morgan fingerprint density at radius 3 is 2.38 bits per heavy atom. The fourth-order valence-corrected chi connectivity index (χ4v) is 8.05. The van der Waals surface area contributed by atoms with Gasteiger partial charge < -0.3 is 19.5 Å². The number of anilines is 2. The van der Waals surface area contributed by atoms with Gasteiger partial charge in [0, 0.05) is 44.6 Å². The predicted octanol–water partition coefficient (Wildman–Crippen LogP) is 3.49. The van der Waals surface area contributed by atoms with Crippen LogP contribution in [0.4, 0.5) is 24.5 Å². The van der Waals surface area contributed by atoms with Crippen LogP contribution in [0, 0.1) is 0 Å². The molecule has 1 N–H and O–H groups in total. The van der Waals surface area contributed by atoms with Crippen molar-refractivity contribution in [2.75, 3.05) is 42.2 Å². The van der Waals surface area contributed by atoms with E-state index in [9.17, 15) is 44.5 Å². The van der Waals surface area contributed by atoms with E-state index in [4.69, 9.17) is 0 Å². The van der Waals surface area contributed by atoms with Crippen LogP contribution in [0.3, 0.4) is 0 Å². The van der Waals surface area contributed by atoms with Crippen molar-refractivity contribution < 1.29 is 49.0 Å². The van der Waals surface area contributed by atoms with Gasteiger partial charge >= 0.3 is 12.1 Å². The second kappa shape index (κ2) is 12.9. The van der Waals surface area contributed by atoms with Gasteiger partial charge in [0.2, 0.25) is 10.0 Å². The van der Waals surface area contributed by atoms with Crippen molar-refractivity contribution in [3.8, 4) is 0 Å². The molecular weight excluding hydrogens is 663 g/mol. The molecule has 0 spiro atoms. The molecule has 0 saturated carbocycles. The van der Waals surface area contributed by atoms with Gasteiger partial charge in [0.1, 0.15) is 5.82 Å². The highest BCUT2D eigenvalue weighted by molar-refractivity contribution is 7.89. The van der Waals surface area contributed by atoms with Gasteiger partial charge in [0.15, 0.2) is 17.6 Å². The molecular formula is C30H34F3N5O7S2. The standard InChI is InChI=1S/C30H34F3N5O7S2/c1-34-23-12-10-21(30(31,32)33)18-25(23)37(16-7-17-46(41,42)43)27(34)8-6-9-28-35(2)24-13-11-22(19-26(24)38(28)20-29(39)40)47(44,45)36-14-4-3-5-15-36/h6,8-13,18-19H,3-5,7,14-17,20H2,1-2H3,(H-,39,40,41,42,43). The van der Waals surface area contributed by atoms with Crippen LogP contribution in [0.1, 0.15) is 37.1 Å². The Morgan fingerprint density at radius 2 is 1.74 bits per heavy atom. The van der Waals surface area contributed by atoms with Crippen LogP contribution in [0.2, 0.25) is 0 Å². The number of fused-ring (bicyclic) bond motifs is 2. The number of hydrogen-bond donors (Lipinski definition) is 1. The first-order valence-electron chi connectivity index (χ1n) is 14.8. The molecule has 17 heteroatoms. The molecule has 0 aliphatic carbocycles. The van der Waals surface area contributed by atoms with E-state index in [1.165, 1.54) is 32.0 Å². The summed E-state index contributed by atoms with van der Waals surface area (Å²) < 4.78 is 106. The third-order valence-corrected chi connectivity index (χ3v) is 11.0. The number of aromatic nitrogens is 2. The summed E-state index contributed by atoms with van der Waals surface area (Å²) in [6, 6.07) is 7.78. The normalized spacial score (nSPS) is 17.4. The number of aliphatic carboxylic acids is 1. The van der Waals surface area contributed by atoms with Crippen molar-refractivity contribution in [1.29, 1.82) is 0 Å². The zero-order valence-electron chi connectivity index (χ0n) is 25.6. The van der Waals surface area contributed by atoms with Crippen LogP contribution in [0.25, 0.3) is 17.1 Å². The highest BCUT2D eigenvalue weighted by Gasteiger charge is 2.35. The summed E-state index contributed by atoms with van der Waals surface area (Å²) in [6.45, 7) is 0.266. The van der Waals surface area contributed by atoms with Crippen molar-refractivity contribution in [2.45, 2.75) is 43.3 Å². The SMILES string of the molecule is CN1/C(=C\C=C\c2n(CC(=O)O)c3cc(S(=O)(=O)N4CCCCC4)ccc3[n+]2C)N(CCCS(=O)(=O)[O-])c2cc(C(F)(F)F)ccc21. The molecule has 47 heavy (non-hydrogen) atoms. The molecule has 12 nitrogen and oxygen atoms in total. The zero-order valence-corrected chi connectivity index (χ0v) is 27.3. The van der Waals surface area contributed by atoms with Crippen LogP contribution >= 0.6 is 0 Å². The molecule has 254 valence electrons. The number of carboxylic acids is 1. The first-order valence-corrected chi connectivity index (χ1v) is 17.8. The summed E-state index contributed by atoms with van der Waals surface area (Å²) in [5.74, 6) is -1.08. The Labute approximate surface area is 270 Å². The molecule has 1 aromatic heterocycles. The van der Waals surface area contributed by atoms with Crippen LogP contribution < -0.4 is 14.4 Å². The van der Waals surface area contributed by atoms with Gasteiger partial charge in [0.25, 0.3) is 5.82 Å². The lowest BCUT2D eigenvalue weighted by Gasteiger charge is -2.25. The molecule has 0 bridgehead atoms. The number of carbonyl (C=O) groups is 1. The molecule has 3 heterocycles. The van der Waals surface area contributed by atoms with E-state index in [0.29, 0.717) is 41.5 Å². The number of piperidine rings is 1. The maximum Gasteiger partial charge on any atom is 0.416 e. The largest absolute Gasteiger partial charge is 0.748 e. The first-order chi connectivity index (χ1) is 22.0. The second-order valence-electron chi connectivity index (χ2n) is 11.4. The summed E-state index contributed by atoms with van der Waals surface area (Å²) in [5, 5.41) is 9.73. The predicted molar refractivity (Wildman–Crippen MR) is 167 cm³/mol. The van der Waals surface area contributed by atoms with Crippen LogP contribution in [0.5, 0.6) is 0 Å². The van der Waals surface area contributed by atoms with Crippen molar-refractivity contribution in [3.63, 3.8) is 0 Å². The Kier molecular flexibility index (Phi) is 9.47. The number of imidazole rings is 1. The van der Waals surface area contributed by atoms with Crippen molar-refractivity contribution >= 4 is 54.6 Å². The van der Waals surface area contributed by atoms with Gasteiger partial charge in [-0.15, -0.1) is 0 Å². The van der Waals surface area contributed by atoms with E-state index in [-0.39, 0.29) is 23.5 Å². The average molecular weight is 698 g/mol. The summed E-state index contributed by atoms with van der Waals surface area (Å²) in [6.07, 6.45) is 2.44. The van der Waals surface area contributed by atoms with Crippen molar-refractivity contribution in [1.82, 2.24) is 8.87 Å². The molecule has 0 unspecified atom stereocenters. The highest BCUT2D eigenvalue weighted by Crippen LogP contribution is 2.44. The van der Waals surface area contributed by atoms with E-state index < -0.39 is 50.1 Å². The van der Waals surface area contributed by atoms with Crippen LogP contribution in [0.15, 0.2) is 59.3 Å². The minimum atomic E-state index is -4.62. The van der Waals surface area contributed by atoms with Crippen molar-refractivity contribution in [2.24, 2.45) is 7.05 Å². The molecule has 0 radical (unpaired) electrons. The molecule has 0 amide bonds. The number of rotatable bonds is 10. The molecule has 1 fully saturated rings. The minimum Gasteiger partial charge on any atom is -0.748 e. The average Bonchev–Trinajstić information content (AvgIpc) is 3.41. The molecule has 2 aromatic carbocycles. The van der Waals surface area contributed by atoms with E-state index in [0.717, 1.165) is 31.4 Å². The maximum atomic E-state index is 13.6. The smallest absolute Gasteiger partial charge is 0.416 e. The van der Waals surface area contributed by atoms with Crippen molar-refractivity contribution in [3.05, 3.63) is 65.8 Å².